The molecule has 0 radical (unpaired) electrons. The molecule has 0 saturated heterocycles. The van der Waals surface area contributed by atoms with Crippen molar-refractivity contribution in [3.8, 4) is 0 Å². The van der Waals surface area contributed by atoms with E-state index in [-0.39, 0.29) is 24.0 Å². The van der Waals surface area contributed by atoms with Gasteiger partial charge in [-0.25, -0.2) is 4.79 Å². The second-order valence-corrected chi connectivity index (χ2v) is 8.35. The Labute approximate surface area is 186 Å². The van der Waals surface area contributed by atoms with Gasteiger partial charge in [0.1, 0.15) is 5.60 Å². The largest absolute Gasteiger partial charge is 0.444 e. The van der Waals surface area contributed by atoms with Crippen LogP contribution in [-0.2, 0) is 11.3 Å². The van der Waals surface area contributed by atoms with Crippen LogP contribution in [0.1, 0.15) is 40.2 Å². The van der Waals surface area contributed by atoms with Crippen molar-refractivity contribution in [1.29, 1.82) is 0 Å². The SMILES string of the molecule is CN=C(NCc1ccc(N(C)C)cc1)NCC(C)(C)NC(=O)OC(C)(C)C.I. The maximum Gasteiger partial charge on any atom is 0.408 e. The standard InChI is InChI=1S/C20H35N5O2.HI/c1-19(2,3)27-18(26)24-20(4,5)14-23-17(21-6)22-13-15-9-11-16(12-10-15)25(7)8;/h9-12H,13-14H2,1-8H3,(H,24,26)(H2,21,22,23);1H. The van der Waals surface area contributed by atoms with Crippen LogP contribution in [0.4, 0.5) is 10.5 Å². The molecule has 0 aromatic heterocycles. The van der Waals surface area contributed by atoms with Crippen molar-refractivity contribution in [3.05, 3.63) is 29.8 Å². The van der Waals surface area contributed by atoms with Crippen LogP contribution in [-0.4, -0.2) is 50.9 Å². The molecule has 0 spiro atoms. The molecule has 0 saturated carbocycles. The summed E-state index contributed by atoms with van der Waals surface area (Å²) in [6, 6.07) is 8.34. The first-order valence-electron chi connectivity index (χ1n) is 9.14. The molecule has 28 heavy (non-hydrogen) atoms. The topological polar surface area (TPSA) is 78.0 Å². The van der Waals surface area contributed by atoms with Gasteiger partial charge in [-0.05, 0) is 52.3 Å². The molecule has 1 aromatic carbocycles. The van der Waals surface area contributed by atoms with Gasteiger partial charge in [0, 0.05) is 39.9 Å². The summed E-state index contributed by atoms with van der Waals surface area (Å²) in [6.07, 6.45) is -0.432. The smallest absolute Gasteiger partial charge is 0.408 e. The minimum Gasteiger partial charge on any atom is -0.444 e. The van der Waals surface area contributed by atoms with Crippen molar-refractivity contribution in [2.24, 2.45) is 4.99 Å². The average molecular weight is 505 g/mol. The lowest BCUT2D eigenvalue weighted by Crippen LogP contribution is -2.54. The number of alkyl carbamates (subject to hydrolysis) is 1. The van der Waals surface area contributed by atoms with Gasteiger partial charge in [0.05, 0.1) is 5.54 Å². The molecule has 0 atom stereocenters. The number of nitrogens with zero attached hydrogens (tertiary/aromatic N) is 2. The Morgan fingerprint density at radius 1 is 1.07 bits per heavy atom. The Morgan fingerprint density at radius 3 is 2.11 bits per heavy atom. The summed E-state index contributed by atoms with van der Waals surface area (Å²) in [4.78, 5) is 18.3. The summed E-state index contributed by atoms with van der Waals surface area (Å²) in [5.74, 6) is 0.672. The Hall–Kier alpha value is -1.71. The van der Waals surface area contributed by atoms with Gasteiger partial charge in [0.15, 0.2) is 5.96 Å². The summed E-state index contributed by atoms with van der Waals surface area (Å²) in [5.41, 5.74) is 1.31. The highest BCUT2D eigenvalue weighted by Crippen LogP contribution is 2.12. The molecule has 0 aliphatic heterocycles. The van der Waals surface area contributed by atoms with E-state index in [9.17, 15) is 4.79 Å². The van der Waals surface area contributed by atoms with E-state index in [0.29, 0.717) is 19.0 Å². The number of nitrogens with one attached hydrogen (secondary N) is 3. The Balaban J connectivity index is 0.00000729. The molecule has 8 heteroatoms. The van der Waals surface area contributed by atoms with Crippen molar-refractivity contribution in [3.63, 3.8) is 0 Å². The maximum atomic E-state index is 12.0. The highest BCUT2D eigenvalue weighted by molar-refractivity contribution is 14.0. The van der Waals surface area contributed by atoms with Crippen LogP contribution in [0, 0.1) is 0 Å². The number of aliphatic imine (C=N–C) groups is 1. The molecule has 0 heterocycles. The predicted octanol–water partition coefficient (Wildman–Crippen LogP) is 3.34. The lowest BCUT2D eigenvalue weighted by molar-refractivity contribution is 0.0474. The fourth-order valence-corrected chi connectivity index (χ4v) is 2.25. The molecule has 0 fully saturated rings. The van der Waals surface area contributed by atoms with E-state index < -0.39 is 17.2 Å². The maximum absolute atomic E-state index is 12.0. The molecule has 3 N–H and O–H groups in total. The van der Waals surface area contributed by atoms with E-state index in [2.05, 4.69) is 50.1 Å². The van der Waals surface area contributed by atoms with Gasteiger partial charge in [-0.1, -0.05) is 12.1 Å². The van der Waals surface area contributed by atoms with Crippen molar-refractivity contribution in [2.75, 3.05) is 32.6 Å². The van der Waals surface area contributed by atoms with Crippen molar-refractivity contribution in [2.45, 2.75) is 52.3 Å². The summed E-state index contributed by atoms with van der Waals surface area (Å²) in [7, 11) is 5.76. The quantitative estimate of drug-likeness (QED) is 0.314. The lowest BCUT2D eigenvalue weighted by Gasteiger charge is -2.29. The summed E-state index contributed by atoms with van der Waals surface area (Å²) >= 11 is 0. The number of halogens is 1. The lowest BCUT2D eigenvalue weighted by atomic mass is 10.1. The minimum absolute atomic E-state index is 0. The first kappa shape index (κ1) is 26.3. The second-order valence-electron chi connectivity index (χ2n) is 8.35. The highest BCUT2D eigenvalue weighted by atomic mass is 127. The van der Waals surface area contributed by atoms with E-state index in [4.69, 9.17) is 4.74 Å². The Kier molecular flexibility index (Phi) is 10.6. The highest BCUT2D eigenvalue weighted by Gasteiger charge is 2.24. The van der Waals surface area contributed by atoms with Gasteiger partial charge in [-0.2, -0.15) is 0 Å². The second kappa shape index (κ2) is 11.3. The van der Waals surface area contributed by atoms with Crippen LogP contribution in [0.3, 0.4) is 0 Å². The van der Waals surface area contributed by atoms with E-state index in [1.165, 1.54) is 0 Å². The number of ether oxygens (including phenoxy) is 1. The molecular weight excluding hydrogens is 469 g/mol. The number of benzene rings is 1. The van der Waals surface area contributed by atoms with Gasteiger partial charge < -0.3 is 25.6 Å². The molecule has 7 nitrogen and oxygen atoms in total. The fourth-order valence-electron chi connectivity index (χ4n) is 2.25. The van der Waals surface area contributed by atoms with Gasteiger partial charge in [-0.3, -0.25) is 4.99 Å². The van der Waals surface area contributed by atoms with Crippen LogP contribution in [0.5, 0.6) is 0 Å². The van der Waals surface area contributed by atoms with E-state index in [1.807, 2.05) is 48.7 Å². The molecule has 1 rings (SSSR count). The van der Waals surface area contributed by atoms with Gasteiger partial charge in [-0.15, -0.1) is 24.0 Å². The van der Waals surface area contributed by atoms with Crippen LogP contribution in [0.15, 0.2) is 29.3 Å². The number of hydrogen-bond acceptors (Lipinski definition) is 4. The normalized spacial score (nSPS) is 11.9. The fraction of sp³-hybridized carbons (Fsp3) is 0.600. The van der Waals surface area contributed by atoms with Crippen LogP contribution < -0.4 is 20.9 Å². The Morgan fingerprint density at radius 2 is 1.64 bits per heavy atom. The Bertz CT molecular complexity index is 637. The third-order valence-corrected chi connectivity index (χ3v) is 3.67. The van der Waals surface area contributed by atoms with Crippen molar-refractivity contribution >= 4 is 41.7 Å². The number of carbonyl (C=O) groups excluding carboxylic acids is 1. The van der Waals surface area contributed by atoms with E-state index >= 15 is 0 Å². The zero-order chi connectivity index (χ0) is 20.7. The molecule has 0 unspecified atom stereocenters. The van der Waals surface area contributed by atoms with Gasteiger partial charge >= 0.3 is 6.09 Å². The molecule has 0 aliphatic rings. The molecule has 1 amide bonds. The van der Waals surface area contributed by atoms with Gasteiger partial charge in [0.25, 0.3) is 0 Å². The zero-order valence-corrected chi connectivity index (χ0v) is 20.7. The van der Waals surface area contributed by atoms with Crippen molar-refractivity contribution in [1.82, 2.24) is 16.0 Å². The summed E-state index contributed by atoms with van der Waals surface area (Å²) in [5, 5.41) is 9.39. The predicted molar refractivity (Wildman–Crippen MR) is 128 cm³/mol. The van der Waals surface area contributed by atoms with E-state index in [1.54, 1.807) is 7.05 Å². The number of amides is 1. The van der Waals surface area contributed by atoms with Crippen molar-refractivity contribution < 1.29 is 9.53 Å². The molecule has 0 aliphatic carbocycles. The summed E-state index contributed by atoms with van der Waals surface area (Å²) < 4.78 is 5.31. The third kappa shape index (κ3) is 10.6. The van der Waals surface area contributed by atoms with Crippen LogP contribution in [0.25, 0.3) is 0 Å². The first-order chi connectivity index (χ1) is 12.4. The number of guanidine groups is 1. The number of hydrogen-bond donors (Lipinski definition) is 3. The van der Waals surface area contributed by atoms with Crippen LogP contribution >= 0.6 is 24.0 Å². The van der Waals surface area contributed by atoms with E-state index in [0.717, 1.165) is 11.3 Å². The first-order valence-corrected chi connectivity index (χ1v) is 9.14. The molecule has 0 bridgehead atoms. The number of carbonyl (C=O) groups is 1. The molecule has 1 aromatic rings. The zero-order valence-electron chi connectivity index (χ0n) is 18.3. The minimum atomic E-state index is -0.521. The monoisotopic (exact) mass is 505 g/mol. The van der Waals surface area contributed by atoms with Crippen LogP contribution in [0.2, 0.25) is 0 Å². The molecular formula is C20H36IN5O2. The summed E-state index contributed by atoms with van der Waals surface area (Å²) in [6.45, 7) is 10.5. The third-order valence-electron chi connectivity index (χ3n) is 3.67. The average Bonchev–Trinajstić information content (AvgIpc) is 2.52. The molecule has 160 valence electrons. The number of anilines is 1. The number of rotatable bonds is 6. The van der Waals surface area contributed by atoms with Gasteiger partial charge in [0.2, 0.25) is 0 Å².